The second-order valence-electron chi connectivity index (χ2n) is 14.1. The van der Waals surface area contributed by atoms with E-state index in [2.05, 4.69) is 29.9 Å². The van der Waals surface area contributed by atoms with Gasteiger partial charge in [-0.15, -0.1) is 0 Å². The first-order chi connectivity index (χ1) is 27.2. The Balaban J connectivity index is 1.19. The number of imidazole rings is 2. The Kier molecular flexibility index (Phi) is 10.8. The standard InChI is InChI=1S/C31H41N9O14P2S/c1-6-48-55(44)50-9-31-7-16(31)20(39-11-35-18-25(32)33-10-34-26(18)39)21(41)24(31)54-56(45,57-13-47-30(43)51-14(2)3)49-8-17-22(46-5)23(53-55)29(52-17)40-12-36-19-27(40)37-15(4)38-28(19)42/h10-12,14,16-17,20-24,29,41H,6-9,13H2,1-5H3,(H2,32,33,34)(H,37,38,42)/t16-,17-,20-,21+,22-,23-,24+,29-,31?,55-,56-/m1/s1. The lowest BCUT2D eigenvalue weighted by Gasteiger charge is -2.32. The van der Waals surface area contributed by atoms with Crippen molar-refractivity contribution in [1.29, 1.82) is 0 Å². The minimum Gasteiger partial charge on any atom is -0.432 e. The number of aliphatic hydroxyl groups excluding tert-OH is 1. The molecule has 2 bridgehead atoms. The topological polar surface area (TPSA) is 288 Å². The van der Waals surface area contributed by atoms with Gasteiger partial charge in [-0.1, -0.05) is 0 Å². The van der Waals surface area contributed by atoms with Gasteiger partial charge in [-0.2, -0.15) is 0 Å². The molecule has 2 aliphatic heterocycles. The van der Waals surface area contributed by atoms with Crippen molar-refractivity contribution in [2.75, 3.05) is 38.6 Å². The number of ether oxygens (including phenoxy) is 4. The van der Waals surface area contributed by atoms with Gasteiger partial charge in [0.15, 0.2) is 34.8 Å². The fourth-order valence-corrected chi connectivity index (χ4v) is 12.1. The second kappa shape index (κ2) is 15.2. The summed E-state index contributed by atoms with van der Waals surface area (Å²) in [4.78, 5) is 49.0. The molecule has 26 heteroatoms. The van der Waals surface area contributed by atoms with Crippen LogP contribution in [0, 0.1) is 18.3 Å². The summed E-state index contributed by atoms with van der Waals surface area (Å²) in [5, 5.41) is 12.1. The molecule has 23 nitrogen and oxygen atoms in total. The van der Waals surface area contributed by atoms with Crippen LogP contribution in [0.15, 0.2) is 23.8 Å². The van der Waals surface area contributed by atoms with Gasteiger partial charge < -0.3 is 39.3 Å². The van der Waals surface area contributed by atoms with E-state index in [4.69, 9.17) is 47.3 Å². The third-order valence-electron chi connectivity index (χ3n) is 10.3. The van der Waals surface area contributed by atoms with E-state index in [0.29, 0.717) is 29.0 Å². The first kappa shape index (κ1) is 40.2. The smallest absolute Gasteiger partial charge is 0.432 e. The lowest BCUT2D eigenvalue weighted by atomic mass is 10.0. The highest BCUT2D eigenvalue weighted by molar-refractivity contribution is 8.55. The van der Waals surface area contributed by atoms with Crippen LogP contribution >= 0.6 is 26.0 Å². The van der Waals surface area contributed by atoms with Crippen molar-refractivity contribution < 1.29 is 60.6 Å². The van der Waals surface area contributed by atoms with Crippen LogP contribution in [-0.2, 0) is 50.7 Å². The highest BCUT2D eigenvalue weighted by atomic mass is 32.7. The molecule has 57 heavy (non-hydrogen) atoms. The molecule has 2 aliphatic carbocycles. The summed E-state index contributed by atoms with van der Waals surface area (Å²) in [5.74, 6) is -0.550. The molecule has 4 aromatic heterocycles. The highest BCUT2D eigenvalue weighted by Crippen LogP contribution is 2.74. The summed E-state index contributed by atoms with van der Waals surface area (Å²) in [6.45, 7) is 1.06. The number of aromatic nitrogens is 8. The summed E-state index contributed by atoms with van der Waals surface area (Å²) < 4.78 is 85.7. The van der Waals surface area contributed by atoms with Crippen molar-refractivity contribution in [3.63, 3.8) is 0 Å². The number of anilines is 1. The van der Waals surface area contributed by atoms with E-state index < -0.39 is 99.1 Å². The van der Waals surface area contributed by atoms with Gasteiger partial charge in [0, 0.05) is 23.9 Å². The van der Waals surface area contributed by atoms with Crippen LogP contribution in [0.25, 0.3) is 22.3 Å². The third kappa shape index (κ3) is 7.28. The van der Waals surface area contributed by atoms with E-state index in [0.717, 1.165) is 0 Å². The van der Waals surface area contributed by atoms with Crippen molar-refractivity contribution in [1.82, 2.24) is 39.0 Å². The van der Waals surface area contributed by atoms with E-state index in [1.165, 1.54) is 30.7 Å². The van der Waals surface area contributed by atoms with Crippen LogP contribution in [0.4, 0.5) is 10.6 Å². The molecule has 0 amide bonds. The van der Waals surface area contributed by atoms with Crippen molar-refractivity contribution in [2.24, 2.45) is 11.3 Å². The van der Waals surface area contributed by atoms with Gasteiger partial charge in [-0.05, 0) is 40.0 Å². The number of nitrogen functional groups attached to an aromatic ring is 1. The fraction of sp³-hybridized carbons (Fsp3) is 0.645. The summed E-state index contributed by atoms with van der Waals surface area (Å²) in [5.41, 5.74) is 5.19. The summed E-state index contributed by atoms with van der Waals surface area (Å²) in [7, 11) is -3.18. The molecule has 8 rings (SSSR count). The van der Waals surface area contributed by atoms with E-state index in [9.17, 15) is 23.8 Å². The molecule has 2 saturated carbocycles. The van der Waals surface area contributed by atoms with Crippen LogP contribution in [0.2, 0.25) is 0 Å². The number of carbonyl (C=O) groups excluding carboxylic acids is 1. The molecule has 11 atom stereocenters. The normalized spacial score (nSPS) is 35.4. The molecule has 1 spiro atoms. The van der Waals surface area contributed by atoms with Gasteiger partial charge in [-0.3, -0.25) is 32.0 Å². The molecule has 4 aliphatic rings. The zero-order chi connectivity index (χ0) is 40.4. The molecule has 6 heterocycles. The van der Waals surface area contributed by atoms with Gasteiger partial charge in [-0.25, -0.2) is 38.8 Å². The minimum absolute atomic E-state index is 0.000334. The highest BCUT2D eigenvalue weighted by Gasteiger charge is 2.74. The number of hydrogen-bond acceptors (Lipinski definition) is 21. The van der Waals surface area contributed by atoms with E-state index in [1.807, 2.05) is 0 Å². The monoisotopic (exact) mass is 857 g/mol. The van der Waals surface area contributed by atoms with E-state index in [1.54, 1.807) is 32.3 Å². The number of carbonyl (C=O) groups is 1. The predicted octanol–water partition coefficient (Wildman–Crippen LogP) is 3.01. The third-order valence-corrected chi connectivity index (χ3v) is 15.1. The summed E-state index contributed by atoms with van der Waals surface area (Å²) in [6, 6.07) is -0.774. The Labute approximate surface area is 327 Å². The minimum atomic E-state index is -4.54. The Bertz CT molecular complexity index is 2330. The Hall–Kier alpha value is -3.54. The average Bonchev–Trinajstić information content (AvgIpc) is 3.44. The van der Waals surface area contributed by atoms with Crippen molar-refractivity contribution in [3.05, 3.63) is 35.2 Å². The number of phosphoric ester groups is 1. The van der Waals surface area contributed by atoms with Crippen LogP contribution < -0.4 is 11.3 Å². The number of methoxy groups -OCH3 is 1. The number of fused-ring (bicyclic) bond motifs is 4. The quantitative estimate of drug-likeness (QED) is 0.124. The van der Waals surface area contributed by atoms with Gasteiger partial charge >= 0.3 is 20.8 Å². The molecule has 1 unspecified atom stereocenters. The number of rotatable bonds is 9. The number of nitrogens with zero attached hydrogens (tertiary/aromatic N) is 7. The molecule has 4 fully saturated rings. The molecular formula is C31H41N9O14P2S. The first-order valence-electron chi connectivity index (χ1n) is 17.9. The predicted molar refractivity (Wildman–Crippen MR) is 197 cm³/mol. The molecular weight excluding hydrogens is 816 g/mol. The number of nitrogens with one attached hydrogen (secondary N) is 1. The summed E-state index contributed by atoms with van der Waals surface area (Å²) >= 11 is 0.538. The SMILES string of the molecule is CCO[P@]1(=O)OCC23C[C@@H]2[C@@H](n2cnc4c(N)ncnc42)[C@H](O)[C@@H]3O[P@](=O)(SCOC(=O)OC(C)C)OC[C@H]2O[C@@H](n3cnc4c(=O)[nH]c(C)nc43)[C@H](O1)[C@@H]2OC. The molecule has 0 aromatic carbocycles. The van der Waals surface area contributed by atoms with Crippen LogP contribution in [-0.4, -0.2) is 120 Å². The second-order valence-corrected chi connectivity index (χ2v) is 19.7. The lowest BCUT2D eigenvalue weighted by Crippen LogP contribution is -2.38. The summed E-state index contributed by atoms with van der Waals surface area (Å²) in [6.07, 6.45) is -4.50. The number of H-pyrrole nitrogens is 1. The zero-order valence-electron chi connectivity index (χ0n) is 31.2. The lowest BCUT2D eigenvalue weighted by molar-refractivity contribution is -0.0612. The van der Waals surface area contributed by atoms with Gasteiger partial charge in [0.25, 0.3) is 5.56 Å². The van der Waals surface area contributed by atoms with Crippen LogP contribution in [0.5, 0.6) is 0 Å². The Morgan fingerprint density at radius 1 is 1.14 bits per heavy atom. The Morgan fingerprint density at radius 3 is 2.67 bits per heavy atom. The van der Waals surface area contributed by atoms with Crippen LogP contribution in [0.3, 0.4) is 0 Å². The van der Waals surface area contributed by atoms with Crippen molar-refractivity contribution >= 4 is 60.3 Å². The van der Waals surface area contributed by atoms with Gasteiger partial charge in [0.1, 0.15) is 48.2 Å². The van der Waals surface area contributed by atoms with Crippen LogP contribution in [0.1, 0.15) is 45.3 Å². The average molecular weight is 858 g/mol. The first-order valence-corrected chi connectivity index (χ1v) is 22.5. The van der Waals surface area contributed by atoms with Crippen molar-refractivity contribution in [3.8, 4) is 0 Å². The maximum Gasteiger partial charge on any atom is 0.509 e. The molecule has 4 aromatic rings. The number of nitrogens with two attached hydrogens (primary N) is 1. The molecule has 2 saturated heterocycles. The maximum atomic E-state index is 14.9. The number of aliphatic hydroxyl groups is 1. The largest absolute Gasteiger partial charge is 0.509 e. The number of aryl methyl sites for hydroxylation is 1. The number of aromatic amines is 1. The van der Waals surface area contributed by atoms with Gasteiger partial charge in [0.05, 0.1) is 44.6 Å². The van der Waals surface area contributed by atoms with E-state index in [-0.39, 0.29) is 36.0 Å². The van der Waals surface area contributed by atoms with Gasteiger partial charge in [0.2, 0.25) is 0 Å². The van der Waals surface area contributed by atoms with Crippen molar-refractivity contribution in [2.45, 2.75) is 83.0 Å². The molecule has 310 valence electrons. The number of hydrogen-bond donors (Lipinski definition) is 3. The fourth-order valence-electron chi connectivity index (χ4n) is 7.82. The zero-order valence-corrected chi connectivity index (χ0v) is 33.8. The molecule has 0 radical (unpaired) electrons. The number of phosphoric acid groups is 1. The Morgan fingerprint density at radius 2 is 1.91 bits per heavy atom. The molecule has 4 N–H and O–H groups in total. The van der Waals surface area contributed by atoms with E-state index >= 15 is 0 Å². The maximum absolute atomic E-state index is 14.9.